The summed E-state index contributed by atoms with van der Waals surface area (Å²) in [6.45, 7) is 7.75. The molecule has 0 aliphatic heterocycles. The van der Waals surface area contributed by atoms with Crippen LogP contribution < -0.4 is 9.47 Å². The molecule has 2 aliphatic carbocycles. The van der Waals surface area contributed by atoms with Gasteiger partial charge in [0, 0.05) is 18.4 Å². The molecule has 0 atom stereocenters. The molecule has 1 aromatic rings. The van der Waals surface area contributed by atoms with Gasteiger partial charge in [0.15, 0.2) is 11.5 Å². The van der Waals surface area contributed by atoms with E-state index in [1.165, 1.54) is 12.8 Å². The fraction of sp³-hybridized carbons (Fsp3) is 0.600. The van der Waals surface area contributed by atoms with E-state index in [1.807, 2.05) is 18.2 Å². The number of carboxylic acid groups (broad SMARTS) is 1. The van der Waals surface area contributed by atoms with E-state index in [1.54, 1.807) is 7.11 Å². The molecule has 0 spiro atoms. The first kappa shape index (κ1) is 17.6. The molecule has 1 N–H and O–H groups in total. The maximum Gasteiger partial charge on any atom is 0.306 e. The summed E-state index contributed by atoms with van der Waals surface area (Å²) in [7, 11) is 1.62. The lowest BCUT2D eigenvalue weighted by Crippen LogP contribution is -2.31. The Morgan fingerprint density at radius 3 is 2.44 bits per heavy atom. The number of carbonyl (C=O) groups is 1. The first-order valence-electron chi connectivity index (χ1n) is 9.04. The molecule has 25 heavy (non-hydrogen) atoms. The van der Waals surface area contributed by atoms with Crippen molar-refractivity contribution in [1.29, 1.82) is 0 Å². The van der Waals surface area contributed by atoms with Crippen LogP contribution in [-0.4, -0.2) is 24.3 Å². The van der Waals surface area contributed by atoms with Gasteiger partial charge in [0.2, 0.25) is 0 Å². The Labute approximate surface area is 148 Å². The number of hydrogen-bond acceptors (Lipinski definition) is 3. The van der Waals surface area contributed by atoms with Crippen LogP contribution in [0.2, 0.25) is 0 Å². The molecule has 2 fully saturated rings. The largest absolute Gasteiger partial charge is 0.493 e. The van der Waals surface area contributed by atoms with Crippen molar-refractivity contribution in [2.24, 2.45) is 5.92 Å². The summed E-state index contributed by atoms with van der Waals surface area (Å²) in [5.74, 6) is 0.311. The van der Waals surface area contributed by atoms with Crippen molar-refractivity contribution in [3.63, 3.8) is 0 Å². The molecule has 134 valence electrons. The molecule has 0 saturated heterocycles. The van der Waals surface area contributed by atoms with Crippen LogP contribution in [0.3, 0.4) is 0 Å². The number of nitrogens with zero attached hydrogens (tertiary/aromatic N) is 1. The Morgan fingerprint density at radius 1 is 1.20 bits per heavy atom. The maximum atomic E-state index is 11.2. The second-order valence-corrected chi connectivity index (χ2v) is 7.15. The standard InChI is InChI=1S/C20H25NO4/c1-21-20(11-9-14(10-12-20)19(22)23)15-7-8-17(24-2)18(13-15)25-16-5-3-4-6-16/h7-8,13-14,16H,3-6,9-12H2,2H3,(H,22,23)/t14-,20+. The molecule has 3 rings (SSSR count). The highest BCUT2D eigenvalue weighted by Gasteiger charge is 2.44. The summed E-state index contributed by atoms with van der Waals surface area (Å²) in [5, 5.41) is 9.21. The number of carboxylic acids is 1. The summed E-state index contributed by atoms with van der Waals surface area (Å²) in [6, 6.07) is 5.74. The fourth-order valence-electron chi connectivity index (χ4n) is 4.05. The molecule has 0 heterocycles. The minimum absolute atomic E-state index is 0.218. The average molecular weight is 343 g/mol. The van der Waals surface area contributed by atoms with E-state index in [0.717, 1.165) is 18.4 Å². The predicted molar refractivity (Wildman–Crippen MR) is 93.8 cm³/mol. The van der Waals surface area contributed by atoms with Gasteiger partial charge in [0.25, 0.3) is 5.54 Å². The zero-order valence-corrected chi connectivity index (χ0v) is 14.7. The van der Waals surface area contributed by atoms with Crippen molar-refractivity contribution in [1.82, 2.24) is 0 Å². The van der Waals surface area contributed by atoms with Gasteiger partial charge in [0.05, 0.1) is 19.1 Å². The molecule has 5 heteroatoms. The first-order valence-corrected chi connectivity index (χ1v) is 9.04. The SMILES string of the molecule is [C-]#[N+][C@]1(c2ccc(OC)c(OC3CCCC3)c2)CC[C@H](C(=O)O)CC1. The molecule has 0 bridgehead atoms. The maximum absolute atomic E-state index is 11.2. The van der Waals surface area contributed by atoms with Crippen LogP contribution in [0.5, 0.6) is 11.5 Å². The fourth-order valence-corrected chi connectivity index (χ4v) is 4.05. The first-order chi connectivity index (χ1) is 12.1. The third-order valence-electron chi connectivity index (χ3n) is 5.67. The van der Waals surface area contributed by atoms with E-state index in [4.69, 9.17) is 16.0 Å². The molecule has 2 saturated carbocycles. The Bertz CT molecular complexity index is 665. The summed E-state index contributed by atoms with van der Waals surface area (Å²) in [4.78, 5) is 15.1. The number of ether oxygens (including phenoxy) is 2. The molecule has 0 aromatic heterocycles. The molecule has 0 radical (unpaired) electrons. The van der Waals surface area contributed by atoms with Gasteiger partial charge >= 0.3 is 5.97 Å². The number of aliphatic carboxylic acids is 1. The van der Waals surface area contributed by atoms with E-state index >= 15 is 0 Å². The van der Waals surface area contributed by atoms with Crippen LogP contribution in [0, 0.1) is 12.5 Å². The monoisotopic (exact) mass is 343 g/mol. The third kappa shape index (κ3) is 3.58. The highest BCUT2D eigenvalue weighted by molar-refractivity contribution is 5.70. The quantitative estimate of drug-likeness (QED) is 0.805. The number of rotatable bonds is 5. The van der Waals surface area contributed by atoms with Crippen LogP contribution in [0.4, 0.5) is 0 Å². The van der Waals surface area contributed by atoms with Gasteiger partial charge in [-0.25, -0.2) is 6.57 Å². The van der Waals surface area contributed by atoms with Gasteiger partial charge < -0.3 is 19.4 Å². The highest BCUT2D eigenvalue weighted by atomic mass is 16.5. The molecule has 1 aromatic carbocycles. The van der Waals surface area contributed by atoms with Gasteiger partial charge in [-0.05, 0) is 56.7 Å². The lowest BCUT2D eigenvalue weighted by atomic mass is 9.73. The summed E-state index contributed by atoms with van der Waals surface area (Å²) < 4.78 is 11.6. The van der Waals surface area contributed by atoms with Crippen molar-refractivity contribution in [2.45, 2.75) is 63.0 Å². The Morgan fingerprint density at radius 2 is 1.88 bits per heavy atom. The van der Waals surface area contributed by atoms with Gasteiger partial charge in [-0.2, -0.15) is 0 Å². The van der Waals surface area contributed by atoms with Gasteiger partial charge in [-0.3, -0.25) is 4.79 Å². The minimum Gasteiger partial charge on any atom is -0.493 e. The van der Waals surface area contributed by atoms with Crippen molar-refractivity contribution in [3.8, 4) is 11.5 Å². The number of hydrogen-bond donors (Lipinski definition) is 1. The van der Waals surface area contributed by atoms with Gasteiger partial charge in [-0.15, -0.1) is 0 Å². The van der Waals surface area contributed by atoms with Crippen molar-refractivity contribution in [2.75, 3.05) is 7.11 Å². The van der Waals surface area contributed by atoms with Crippen LogP contribution in [0.25, 0.3) is 4.85 Å². The summed E-state index contributed by atoms with van der Waals surface area (Å²) in [6.07, 6.45) is 6.94. The van der Waals surface area contributed by atoms with Crippen molar-refractivity contribution < 1.29 is 19.4 Å². The number of methoxy groups -OCH3 is 1. The van der Waals surface area contributed by atoms with Crippen molar-refractivity contribution >= 4 is 5.97 Å². The molecule has 0 unspecified atom stereocenters. The van der Waals surface area contributed by atoms with Crippen LogP contribution in [0.1, 0.15) is 56.9 Å². The minimum atomic E-state index is -0.751. The van der Waals surface area contributed by atoms with Crippen LogP contribution in [-0.2, 0) is 10.3 Å². The lowest BCUT2D eigenvalue weighted by molar-refractivity contribution is -0.143. The van der Waals surface area contributed by atoms with E-state index < -0.39 is 11.5 Å². The van der Waals surface area contributed by atoms with E-state index in [9.17, 15) is 9.90 Å². The van der Waals surface area contributed by atoms with E-state index in [2.05, 4.69) is 4.85 Å². The molecule has 5 nitrogen and oxygen atoms in total. The molecular formula is C20H25NO4. The Balaban J connectivity index is 1.85. The molecular weight excluding hydrogens is 318 g/mol. The van der Waals surface area contributed by atoms with Gasteiger partial charge in [-0.1, -0.05) is 0 Å². The predicted octanol–water partition coefficient (Wildman–Crippen LogP) is 4.41. The van der Waals surface area contributed by atoms with E-state index in [-0.39, 0.29) is 12.0 Å². The second-order valence-electron chi connectivity index (χ2n) is 7.15. The van der Waals surface area contributed by atoms with Crippen molar-refractivity contribution in [3.05, 3.63) is 35.2 Å². The zero-order valence-electron chi connectivity index (χ0n) is 14.7. The average Bonchev–Trinajstić information content (AvgIpc) is 3.14. The highest BCUT2D eigenvalue weighted by Crippen LogP contribution is 2.45. The van der Waals surface area contributed by atoms with E-state index in [0.29, 0.717) is 37.2 Å². The number of benzene rings is 1. The molecule has 2 aliphatic rings. The third-order valence-corrected chi connectivity index (χ3v) is 5.67. The van der Waals surface area contributed by atoms with Crippen LogP contribution in [0.15, 0.2) is 18.2 Å². The van der Waals surface area contributed by atoms with Gasteiger partial charge in [0.1, 0.15) is 0 Å². The molecule has 0 amide bonds. The second kappa shape index (κ2) is 7.35. The topological polar surface area (TPSA) is 60.1 Å². The Hall–Kier alpha value is -2.22. The Kier molecular flexibility index (Phi) is 5.17. The normalized spacial score (nSPS) is 26.8. The lowest BCUT2D eigenvalue weighted by Gasteiger charge is -2.30. The smallest absolute Gasteiger partial charge is 0.306 e. The summed E-state index contributed by atoms with van der Waals surface area (Å²) >= 11 is 0. The zero-order chi connectivity index (χ0) is 17.9. The summed E-state index contributed by atoms with van der Waals surface area (Å²) in [5.41, 5.74) is 0.270. The van der Waals surface area contributed by atoms with Crippen LogP contribution >= 0.6 is 0 Å².